The maximum Gasteiger partial charge on any atom is 0.147 e. The van der Waals surface area contributed by atoms with Crippen LogP contribution in [-0.2, 0) is 11.3 Å². The molecule has 3 nitrogen and oxygen atoms in total. The Morgan fingerprint density at radius 2 is 2.09 bits per heavy atom. The van der Waals surface area contributed by atoms with Crippen LogP contribution >= 0.6 is 0 Å². The molecule has 0 amide bonds. The Kier molecular flexibility index (Phi) is 2.56. The van der Waals surface area contributed by atoms with E-state index in [0.717, 1.165) is 0 Å². The first-order valence-corrected chi connectivity index (χ1v) is 3.88. The van der Waals surface area contributed by atoms with Gasteiger partial charge in [0.05, 0.1) is 5.69 Å². The summed E-state index contributed by atoms with van der Waals surface area (Å²) in [5, 5.41) is 0. The van der Waals surface area contributed by atoms with Crippen molar-refractivity contribution < 1.29 is 13.2 Å². The van der Waals surface area contributed by atoms with E-state index in [1.54, 1.807) is 0 Å². The normalized spacial score (nSPS) is 12.5. The van der Waals surface area contributed by atoms with Crippen molar-refractivity contribution in [2.75, 3.05) is 4.72 Å². The molecule has 0 bridgehead atoms. The molecule has 1 N–H and O–H groups in total. The van der Waals surface area contributed by atoms with Gasteiger partial charge >= 0.3 is 0 Å². The molecule has 0 aromatic heterocycles. The van der Waals surface area contributed by atoms with E-state index in [1.807, 2.05) is 4.72 Å². The Morgan fingerprint density at radius 3 is 2.64 bits per heavy atom. The molecule has 0 saturated carbocycles. The van der Waals surface area contributed by atoms with Gasteiger partial charge in [0, 0.05) is 11.3 Å². The van der Waals surface area contributed by atoms with Crippen molar-refractivity contribution in [3.63, 3.8) is 0 Å². The van der Waals surface area contributed by atoms with Crippen LogP contribution in [0, 0.1) is 5.82 Å². The van der Waals surface area contributed by atoms with Crippen molar-refractivity contribution in [1.82, 2.24) is 0 Å². The fourth-order valence-corrected chi connectivity index (χ4v) is 0.979. The SMILES string of the molecule is O=S([O-])Nc1ccccc1F. The Hall–Kier alpha value is -0.940. The topological polar surface area (TPSA) is 52.2 Å². The molecular weight excluding hydrogens is 169 g/mol. The van der Waals surface area contributed by atoms with Gasteiger partial charge in [-0.15, -0.1) is 0 Å². The maximum absolute atomic E-state index is 12.6. The summed E-state index contributed by atoms with van der Waals surface area (Å²) in [7, 11) is 0. The summed E-state index contributed by atoms with van der Waals surface area (Å²) in [6.07, 6.45) is 0. The lowest BCUT2D eigenvalue weighted by Crippen LogP contribution is -2.03. The first-order chi connectivity index (χ1) is 5.20. The van der Waals surface area contributed by atoms with Crippen LogP contribution in [0.4, 0.5) is 10.1 Å². The average Bonchev–Trinajstić information content (AvgIpc) is 1.93. The highest BCUT2D eigenvalue weighted by Crippen LogP contribution is 2.11. The quantitative estimate of drug-likeness (QED) is 0.681. The number of benzene rings is 1. The van der Waals surface area contributed by atoms with Gasteiger partial charge in [-0.1, -0.05) is 12.1 Å². The van der Waals surface area contributed by atoms with Crippen molar-refractivity contribution >= 4 is 17.0 Å². The first-order valence-electron chi connectivity index (χ1n) is 2.80. The number of hydrogen-bond donors (Lipinski definition) is 1. The summed E-state index contributed by atoms with van der Waals surface area (Å²) in [6.45, 7) is 0. The molecule has 0 radical (unpaired) electrons. The molecule has 1 atom stereocenters. The second-order valence-corrected chi connectivity index (χ2v) is 2.49. The molecule has 0 aliphatic carbocycles. The van der Waals surface area contributed by atoms with Crippen LogP contribution in [0.2, 0.25) is 0 Å². The smallest absolute Gasteiger partial charge is 0.147 e. The third-order valence-electron chi connectivity index (χ3n) is 1.07. The number of rotatable bonds is 2. The largest absolute Gasteiger partial charge is 0.755 e. The van der Waals surface area contributed by atoms with E-state index in [1.165, 1.54) is 24.3 Å². The van der Waals surface area contributed by atoms with Crippen molar-refractivity contribution in [3.05, 3.63) is 30.1 Å². The maximum atomic E-state index is 12.6. The number of halogens is 1. The summed E-state index contributed by atoms with van der Waals surface area (Å²) >= 11 is -2.47. The van der Waals surface area contributed by atoms with Gasteiger partial charge < -0.3 is 9.27 Å². The van der Waals surface area contributed by atoms with Crippen molar-refractivity contribution in [3.8, 4) is 0 Å². The van der Waals surface area contributed by atoms with Gasteiger partial charge in [-0.25, -0.2) is 4.39 Å². The molecule has 0 aliphatic rings. The molecule has 1 rings (SSSR count). The van der Waals surface area contributed by atoms with Crippen LogP contribution in [0.1, 0.15) is 0 Å². The van der Waals surface area contributed by atoms with Crippen molar-refractivity contribution in [2.24, 2.45) is 0 Å². The molecule has 1 unspecified atom stereocenters. The van der Waals surface area contributed by atoms with Crippen LogP contribution in [0.5, 0.6) is 0 Å². The van der Waals surface area contributed by atoms with Gasteiger partial charge in [0.1, 0.15) is 5.82 Å². The minimum absolute atomic E-state index is 0.0409. The lowest BCUT2D eigenvalue weighted by molar-refractivity contribution is 0.541. The minimum Gasteiger partial charge on any atom is -0.755 e. The molecule has 60 valence electrons. The highest BCUT2D eigenvalue weighted by molar-refractivity contribution is 7.80. The molecule has 0 heterocycles. The second-order valence-electron chi connectivity index (χ2n) is 1.82. The third kappa shape index (κ3) is 2.28. The predicted molar refractivity (Wildman–Crippen MR) is 38.9 cm³/mol. The fourth-order valence-electron chi connectivity index (χ4n) is 0.634. The van der Waals surface area contributed by atoms with Crippen LogP contribution in [0.15, 0.2) is 24.3 Å². The van der Waals surface area contributed by atoms with Gasteiger partial charge in [-0.05, 0) is 12.1 Å². The average molecular weight is 174 g/mol. The van der Waals surface area contributed by atoms with Crippen LogP contribution < -0.4 is 4.72 Å². The predicted octanol–water partition coefficient (Wildman–Crippen LogP) is 1.03. The Bertz CT molecular complexity index is 279. The molecule has 0 spiro atoms. The van der Waals surface area contributed by atoms with Crippen LogP contribution in [-0.4, -0.2) is 8.76 Å². The van der Waals surface area contributed by atoms with E-state index in [0.29, 0.717) is 0 Å². The van der Waals surface area contributed by atoms with E-state index in [-0.39, 0.29) is 5.69 Å². The van der Waals surface area contributed by atoms with Crippen molar-refractivity contribution in [2.45, 2.75) is 0 Å². The summed E-state index contributed by atoms with van der Waals surface area (Å²) in [4.78, 5) is 0. The third-order valence-corrected chi connectivity index (χ3v) is 1.45. The summed E-state index contributed by atoms with van der Waals surface area (Å²) in [6, 6.07) is 5.53. The zero-order chi connectivity index (χ0) is 8.27. The summed E-state index contributed by atoms with van der Waals surface area (Å²) < 4.78 is 34.6. The van der Waals surface area contributed by atoms with Gasteiger partial charge in [-0.2, -0.15) is 0 Å². The summed E-state index contributed by atoms with van der Waals surface area (Å²) in [5.41, 5.74) is -0.0409. The molecule has 0 aliphatic heterocycles. The molecule has 1 aromatic carbocycles. The molecule has 1 aromatic rings. The van der Waals surface area contributed by atoms with Crippen LogP contribution in [0.3, 0.4) is 0 Å². The van der Waals surface area contributed by atoms with E-state index in [9.17, 15) is 13.2 Å². The Labute approximate surface area is 65.7 Å². The first kappa shape index (κ1) is 8.16. The Balaban J connectivity index is 2.86. The van der Waals surface area contributed by atoms with Gasteiger partial charge in [-0.3, -0.25) is 4.21 Å². The zero-order valence-electron chi connectivity index (χ0n) is 5.41. The molecule has 0 fully saturated rings. The zero-order valence-corrected chi connectivity index (χ0v) is 6.23. The van der Waals surface area contributed by atoms with E-state index in [2.05, 4.69) is 0 Å². The van der Waals surface area contributed by atoms with Gasteiger partial charge in [0.2, 0.25) is 0 Å². The number of nitrogens with one attached hydrogen (secondary N) is 1. The molecule has 0 saturated heterocycles. The number of para-hydroxylation sites is 1. The molecule has 11 heavy (non-hydrogen) atoms. The highest BCUT2D eigenvalue weighted by Gasteiger charge is 1.96. The minimum atomic E-state index is -2.47. The lowest BCUT2D eigenvalue weighted by atomic mass is 10.3. The molecular formula is C6H5FNO2S-. The molecule has 5 heteroatoms. The second kappa shape index (κ2) is 3.45. The fraction of sp³-hybridized carbons (Fsp3) is 0. The highest BCUT2D eigenvalue weighted by atomic mass is 32.2. The Morgan fingerprint density at radius 1 is 1.45 bits per heavy atom. The van der Waals surface area contributed by atoms with Gasteiger partial charge in [0.15, 0.2) is 0 Å². The van der Waals surface area contributed by atoms with E-state index < -0.39 is 17.1 Å². The van der Waals surface area contributed by atoms with Gasteiger partial charge in [0.25, 0.3) is 0 Å². The van der Waals surface area contributed by atoms with E-state index in [4.69, 9.17) is 0 Å². The number of anilines is 1. The van der Waals surface area contributed by atoms with Crippen molar-refractivity contribution in [1.29, 1.82) is 0 Å². The standard InChI is InChI=1S/C6H6FNO2S/c7-5-3-1-2-4-6(5)8-11(9)10/h1-4,8H,(H,9,10)/p-1. The van der Waals surface area contributed by atoms with E-state index >= 15 is 0 Å². The number of hydrogen-bond acceptors (Lipinski definition) is 2. The lowest BCUT2D eigenvalue weighted by Gasteiger charge is -2.08. The summed E-state index contributed by atoms with van der Waals surface area (Å²) in [5.74, 6) is -0.586. The monoisotopic (exact) mass is 174 g/mol. The van der Waals surface area contributed by atoms with Crippen LogP contribution in [0.25, 0.3) is 0 Å².